The largest absolute Gasteiger partial charge is 0.497 e. The molecule has 0 saturated carbocycles. The van der Waals surface area contributed by atoms with Gasteiger partial charge in [-0.3, -0.25) is 5.32 Å². The zero-order chi connectivity index (χ0) is 14.8. The van der Waals surface area contributed by atoms with Crippen LogP contribution in [0, 0.1) is 6.92 Å². The van der Waals surface area contributed by atoms with Crippen molar-refractivity contribution in [3.8, 4) is 5.75 Å². The molecule has 3 rings (SSSR count). The van der Waals surface area contributed by atoms with E-state index in [1.165, 1.54) is 17.5 Å². The van der Waals surface area contributed by atoms with Gasteiger partial charge in [0.05, 0.1) is 19.3 Å². The highest BCUT2D eigenvalue weighted by molar-refractivity contribution is 5.39. The van der Waals surface area contributed by atoms with Crippen molar-refractivity contribution >= 4 is 0 Å². The Kier molecular flexibility index (Phi) is 3.97. The van der Waals surface area contributed by atoms with Crippen LogP contribution in [0.3, 0.4) is 0 Å². The zero-order valence-corrected chi connectivity index (χ0v) is 12.8. The van der Waals surface area contributed by atoms with E-state index in [9.17, 15) is 0 Å². The van der Waals surface area contributed by atoms with E-state index in [0.29, 0.717) is 6.04 Å². The summed E-state index contributed by atoms with van der Waals surface area (Å²) in [6.45, 7) is 4.02. The van der Waals surface area contributed by atoms with Crippen molar-refractivity contribution in [1.29, 1.82) is 0 Å². The summed E-state index contributed by atoms with van der Waals surface area (Å²) in [5, 5.41) is 3.65. The van der Waals surface area contributed by atoms with Crippen LogP contribution in [-0.2, 0) is 6.42 Å². The number of nitrogens with one attached hydrogen (secondary N) is 1. The fourth-order valence-corrected chi connectivity index (χ4v) is 3.04. The smallest absolute Gasteiger partial charge is 0.211 e. The number of ether oxygens (including phenoxy) is 1. The summed E-state index contributed by atoms with van der Waals surface area (Å²) in [5.41, 5.74) is 2.76. The first-order valence-corrected chi connectivity index (χ1v) is 7.52. The quantitative estimate of drug-likeness (QED) is 0.930. The number of hydrogen-bond donors (Lipinski definition) is 1. The maximum atomic E-state index is 5.62. The summed E-state index contributed by atoms with van der Waals surface area (Å²) in [5.74, 6) is 2.55. The third kappa shape index (κ3) is 2.95. The SMILES string of the molecule is COc1ccc2c(c1)CCCC2NC(C)c1ncc(C)o1. The van der Waals surface area contributed by atoms with Gasteiger partial charge in [-0.15, -0.1) is 0 Å². The van der Waals surface area contributed by atoms with Crippen molar-refractivity contribution < 1.29 is 9.15 Å². The van der Waals surface area contributed by atoms with Crippen molar-refractivity contribution in [3.05, 3.63) is 47.2 Å². The van der Waals surface area contributed by atoms with Gasteiger partial charge in [0.1, 0.15) is 11.5 Å². The van der Waals surface area contributed by atoms with Crippen molar-refractivity contribution in [2.45, 2.75) is 45.2 Å². The lowest BCUT2D eigenvalue weighted by Gasteiger charge is -2.28. The number of oxazole rings is 1. The third-order valence-corrected chi connectivity index (χ3v) is 4.13. The number of benzene rings is 1. The number of nitrogens with zero attached hydrogens (tertiary/aromatic N) is 1. The number of rotatable bonds is 4. The van der Waals surface area contributed by atoms with Crippen LogP contribution in [0.25, 0.3) is 0 Å². The molecule has 0 fully saturated rings. The lowest BCUT2D eigenvalue weighted by molar-refractivity contribution is 0.351. The summed E-state index contributed by atoms with van der Waals surface area (Å²) in [6, 6.07) is 6.83. The minimum absolute atomic E-state index is 0.108. The molecule has 1 aromatic heterocycles. The maximum Gasteiger partial charge on any atom is 0.211 e. The van der Waals surface area contributed by atoms with Crippen LogP contribution >= 0.6 is 0 Å². The molecule has 112 valence electrons. The second kappa shape index (κ2) is 5.90. The van der Waals surface area contributed by atoms with Gasteiger partial charge in [-0.1, -0.05) is 6.07 Å². The Morgan fingerprint density at radius 2 is 2.29 bits per heavy atom. The van der Waals surface area contributed by atoms with Gasteiger partial charge >= 0.3 is 0 Å². The Morgan fingerprint density at radius 3 is 3.00 bits per heavy atom. The average molecular weight is 286 g/mol. The first kappa shape index (κ1) is 14.1. The standard InChI is InChI=1S/C17H22N2O2/c1-11-10-18-17(21-11)12(2)19-16-6-4-5-13-9-14(20-3)7-8-15(13)16/h7-10,12,16,19H,4-6H2,1-3H3. The summed E-state index contributed by atoms with van der Waals surface area (Å²) in [7, 11) is 1.72. The van der Waals surface area contributed by atoms with Crippen molar-refractivity contribution in [3.63, 3.8) is 0 Å². The molecule has 21 heavy (non-hydrogen) atoms. The zero-order valence-electron chi connectivity index (χ0n) is 12.8. The number of fused-ring (bicyclic) bond motifs is 1. The molecule has 0 amide bonds. The van der Waals surface area contributed by atoms with Crippen LogP contribution in [0.1, 0.15) is 54.6 Å². The minimum Gasteiger partial charge on any atom is -0.497 e. The second-order valence-electron chi connectivity index (χ2n) is 5.71. The van der Waals surface area contributed by atoms with Crippen LogP contribution in [0.5, 0.6) is 5.75 Å². The second-order valence-corrected chi connectivity index (χ2v) is 5.71. The van der Waals surface area contributed by atoms with Gasteiger partial charge in [0.15, 0.2) is 0 Å². The maximum absolute atomic E-state index is 5.62. The van der Waals surface area contributed by atoms with Gasteiger partial charge in [-0.05, 0) is 56.4 Å². The van der Waals surface area contributed by atoms with E-state index in [1.807, 2.05) is 13.0 Å². The van der Waals surface area contributed by atoms with Crippen molar-refractivity contribution in [2.75, 3.05) is 7.11 Å². The third-order valence-electron chi connectivity index (χ3n) is 4.13. The molecule has 0 bridgehead atoms. The molecule has 1 aromatic carbocycles. The van der Waals surface area contributed by atoms with E-state index in [0.717, 1.165) is 30.2 Å². The molecule has 0 radical (unpaired) electrons. The average Bonchev–Trinajstić information content (AvgIpc) is 2.93. The van der Waals surface area contributed by atoms with Crippen molar-refractivity contribution in [2.24, 2.45) is 0 Å². The molecule has 4 nitrogen and oxygen atoms in total. The van der Waals surface area contributed by atoms with E-state index in [4.69, 9.17) is 9.15 Å². The first-order valence-electron chi connectivity index (χ1n) is 7.52. The molecule has 0 spiro atoms. The molecule has 2 aromatic rings. The van der Waals surface area contributed by atoms with Gasteiger partial charge in [0.25, 0.3) is 0 Å². The van der Waals surface area contributed by atoms with Crippen LogP contribution in [0.15, 0.2) is 28.8 Å². The highest BCUT2D eigenvalue weighted by Gasteiger charge is 2.23. The topological polar surface area (TPSA) is 47.3 Å². The monoisotopic (exact) mass is 286 g/mol. The highest BCUT2D eigenvalue weighted by Crippen LogP contribution is 2.33. The van der Waals surface area contributed by atoms with Gasteiger partial charge in [0, 0.05) is 6.04 Å². The van der Waals surface area contributed by atoms with Gasteiger partial charge in [0.2, 0.25) is 5.89 Å². The molecular weight excluding hydrogens is 264 g/mol. The first-order chi connectivity index (χ1) is 10.2. The van der Waals surface area contributed by atoms with Crippen LogP contribution in [0.4, 0.5) is 0 Å². The molecular formula is C17H22N2O2. The number of methoxy groups -OCH3 is 1. The Hall–Kier alpha value is -1.81. The Bertz CT molecular complexity index is 621. The minimum atomic E-state index is 0.108. The summed E-state index contributed by atoms with van der Waals surface area (Å²) in [6.07, 6.45) is 5.23. The number of hydrogen-bond acceptors (Lipinski definition) is 4. The van der Waals surface area contributed by atoms with E-state index in [-0.39, 0.29) is 6.04 Å². The molecule has 0 aliphatic heterocycles. The van der Waals surface area contributed by atoms with Crippen molar-refractivity contribution in [1.82, 2.24) is 10.3 Å². The van der Waals surface area contributed by atoms with Gasteiger partial charge < -0.3 is 9.15 Å². The van der Waals surface area contributed by atoms with E-state index < -0.39 is 0 Å². The van der Waals surface area contributed by atoms with E-state index >= 15 is 0 Å². The summed E-state index contributed by atoms with van der Waals surface area (Å²) >= 11 is 0. The highest BCUT2D eigenvalue weighted by atomic mass is 16.5. The number of aromatic nitrogens is 1. The van der Waals surface area contributed by atoms with Crippen LogP contribution in [0.2, 0.25) is 0 Å². The molecule has 1 aliphatic carbocycles. The Balaban J connectivity index is 1.78. The molecule has 1 heterocycles. The lowest BCUT2D eigenvalue weighted by atomic mass is 9.87. The fraction of sp³-hybridized carbons (Fsp3) is 0.471. The Labute approximate surface area is 125 Å². The molecule has 1 N–H and O–H groups in total. The molecule has 2 atom stereocenters. The van der Waals surface area contributed by atoms with Crippen LogP contribution in [-0.4, -0.2) is 12.1 Å². The normalized spacial score (nSPS) is 19.1. The predicted octanol–water partition coefficient (Wildman–Crippen LogP) is 3.72. The molecule has 1 aliphatic rings. The molecule has 0 saturated heterocycles. The fourth-order valence-electron chi connectivity index (χ4n) is 3.04. The van der Waals surface area contributed by atoms with E-state index in [2.05, 4.69) is 29.4 Å². The summed E-state index contributed by atoms with van der Waals surface area (Å²) < 4.78 is 10.9. The number of aryl methyl sites for hydroxylation is 2. The van der Waals surface area contributed by atoms with Crippen LogP contribution < -0.4 is 10.1 Å². The summed E-state index contributed by atoms with van der Waals surface area (Å²) in [4.78, 5) is 4.32. The molecule has 2 unspecified atom stereocenters. The van der Waals surface area contributed by atoms with Gasteiger partial charge in [-0.2, -0.15) is 0 Å². The predicted molar refractivity (Wildman–Crippen MR) is 81.5 cm³/mol. The van der Waals surface area contributed by atoms with Gasteiger partial charge in [-0.25, -0.2) is 4.98 Å². The van der Waals surface area contributed by atoms with E-state index in [1.54, 1.807) is 13.3 Å². The Morgan fingerprint density at radius 1 is 1.43 bits per heavy atom. The lowest BCUT2D eigenvalue weighted by Crippen LogP contribution is -2.28. The molecule has 4 heteroatoms.